The van der Waals surface area contributed by atoms with Crippen LogP contribution in [0.4, 0.5) is 0 Å². The second-order valence-corrected chi connectivity index (χ2v) is 3.07. The maximum atomic E-state index is 9.32. The lowest BCUT2D eigenvalue weighted by molar-refractivity contribution is 0.178. The van der Waals surface area contributed by atoms with Crippen LogP contribution in [0.25, 0.3) is 10.2 Å². The SMILES string of the molecule is COn1cc(O)c2sccc21. The molecule has 0 spiro atoms. The Kier molecular flexibility index (Phi) is 1.29. The molecule has 0 aliphatic rings. The van der Waals surface area contributed by atoms with Crippen LogP contribution in [0, 0.1) is 0 Å². The molecule has 0 unspecified atom stereocenters. The Hall–Kier alpha value is -1.16. The van der Waals surface area contributed by atoms with Crippen molar-refractivity contribution in [2.45, 2.75) is 0 Å². The molecule has 2 aromatic rings. The molecule has 0 amide bonds. The second-order valence-electron chi connectivity index (χ2n) is 2.16. The molecule has 2 aromatic heterocycles. The fourth-order valence-corrected chi connectivity index (χ4v) is 1.84. The van der Waals surface area contributed by atoms with Crippen LogP contribution >= 0.6 is 11.3 Å². The molecule has 4 heteroatoms. The number of nitrogens with zero attached hydrogens (tertiary/aromatic N) is 1. The molecule has 3 nitrogen and oxygen atoms in total. The molecule has 2 rings (SSSR count). The Balaban J connectivity index is 2.80. The predicted molar refractivity (Wildman–Crippen MR) is 44.0 cm³/mol. The summed E-state index contributed by atoms with van der Waals surface area (Å²) in [5.41, 5.74) is 0.912. The largest absolute Gasteiger partial charge is 0.505 e. The summed E-state index contributed by atoms with van der Waals surface area (Å²) in [5, 5.41) is 11.2. The molecule has 0 aliphatic carbocycles. The molecule has 0 radical (unpaired) electrons. The van der Waals surface area contributed by atoms with Gasteiger partial charge >= 0.3 is 0 Å². The van der Waals surface area contributed by atoms with Crippen LogP contribution in [-0.4, -0.2) is 16.9 Å². The normalized spacial score (nSPS) is 10.6. The number of hydrogen-bond donors (Lipinski definition) is 1. The van der Waals surface area contributed by atoms with Crippen LogP contribution in [-0.2, 0) is 0 Å². The highest BCUT2D eigenvalue weighted by molar-refractivity contribution is 7.17. The molecule has 0 aromatic carbocycles. The van der Waals surface area contributed by atoms with Gasteiger partial charge in [0.25, 0.3) is 0 Å². The zero-order valence-corrected chi connectivity index (χ0v) is 6.76. The molecule has 58 valence electrons. The molecule has 0 saturated heterocycles. The van der Waals surface area contributed by atoms with Gasteiger partial charge in [-0.05, 0) is 11.4 Å². The van der Waals surface area contributed by atoms with Crippen LogP contribution in [0.5, 0.6) is 5.75 Å². The van der Waals surface area contributed by atoms with E-state index in [9.17, 15) is 5.11 Å². The lowest BCUT2D eigenvalue weighted by Gasteiger charge is -1.97. The van der Waals surface area contributed by atoms with Crippen LogP contribution < -0.4 is 4.84 Å². The molecule has 11 heavy (non-hydrogen) atoms. The number of aromatic hydroxyl groups is 1. The van der Waals surface area contributed by atoms with Crippen molar-refractivity contribution in [3.8, 4) is 5.75 Å². The van der Waals surface area contributed by atoms with E-state index in [4.69, 9.17) is 4.84 Å². The molecule has 0 fully saturated rings. The molecule has 1 N–H and O–H groups in total. The molecular formula is C7H7NO2S. The lowest BCUT2D eigenvalue weighted by atomic mass is 10.5. The predicted octanol–water partition coefficient (Wildman–Crippen LogP) is 1.47. The fourth-order valence-electron chi connectivity index (χ4n) is 1.06. The minimum atomic E-state index is 0.275. The Morgan fingerprint density at radius 1 is 1.64 bits per heavy atom. The average Bonchev–Trinajstić information content (AvgIpc) is 2.54. The van der Waals surface area contributed by atoms with Crippen molar-refractivity contribution in [1.29, 1.82) is 0 Å². The first-order valence-corrected chi connectivity index (χ1v) is 4.03. The van der Waals surface area contributed by atoms with E-state index >= 15 is 0 Å². The maximum Gasteiger partial charge on any atom is 0.154 e. The highest BCUT2D eigenvalue weighted by Gasteiger charge is 2.07. The second kappa shape index (κ2) is 2.17. The van der Waals surface area contributed by atoms with Gasteiger partial charge in [-0.1, -0.05) is 0 Å². The van der Waals surface area contributed by atoms with Crippen molar-refractivity contribution in [3.05, 3.63) is 17.6 Å². The first-order valence-electron chi connectivity index (χ1n) is 3.15. The molecule has 2 heterocycles. The highest BCUT2D eigenvalue weighted by Crippen LogP contribution is 2.30. The molecule has 0 bridgehead atoms. The van der Waals surface area contributed by atoms with Gasteiger partial charge in [0, 0.05) is 0 Å². The van der Waals surface area contributed by atoms with Crippen LogP contribution in [0.2, 0.25) is 0 Å². The summed E-state index contributed by atoms with van der Waals surface area (Å²) >= 11 is 1.50. The van der Waals surface area contributed by atoms with E-state index in [0.717, 1.165) is 10.2 Å². The summed E-state index contributed by atoms with van der Waals surface area (Å²) in [4.78, 5) is 4.97. The standard InChI is InChI=1S/C7H7NO2S/c1-10-8-4-6(9)7-5(8)2-3-11-7/h2-4,9H,1H3. The third-order valence-electron chi connectivity index (χ3n) is 1.55. The molecule has 0 saturated carbocycles. The number of fused-ring (bicyclic) bond motifs is 1. The smallest absolute Gasteiger partial charge is 0.154 e. The van der Waals surface area contributed by atoms with Gasteiger partial charge in [0.15, 0.2) is 5.75 Å². The Labute approximate surface area is 67.4 Å². The first kappa shape index (κ1) is 6.54. The van der Waals surface area contributed by atoms with E-state index in [1.807, 2.05) is 11.4 Å². The monoisotopic (exact) mass is 169 g/mol. The van der Waals surface area contributed by atoms with E-state index in [1.165, 1.54) is 11.3 Å². The lowest BCUT2D eigenvalue weighted by Crippen LogP contribution is -2.01. The van der Waals surface area contributed by atoms with E-state index in [2.05, 4.69) is 0 Å². The van der Waals surface area contributed by atoms with Crippen molar-refractivity contribution in [2.75, 3.05) is 7.11 Å². The molecular weight excluding hydrogens is 162 g/mol. The minimum absolute atomic E-state index is 0.275. The first-order chi connectivity index (χ1) is 5.33. The topological polar surface area (TPSA) is 34.4 Å². The van der Waals surface area contributed by atoms with Crippen LogP contribution in [0.1, 0.15) is 0 Å². The Morgan fingerprint density at radius 3 is 3.18 bits per heavy atom. The van der Waals surface area contributed by atoms with Crippen molar-refractivity contribution >= 4 is 21.6 Å². The summed E-state index contributed by atoms with van der Waals surface area (Å²) in [6.07, 6.45) is 1.56. The van der Waals surface area contributed by atoms with Crippen molar-refractivity contribution in [1.82, 2.24) is 4.73 Å². The third-order valence-corrected chi connectivity index (χ3v) is 2.48. The van der Waals surface area contributed by atoms with Gasteiger partial charge < -0.3 is 9.94 Å². The fraction of sp³-hybridized carbons (Fsp3) is 0.143. The third kappa shape index (κ3) is 0.793. The van der Waals surface area contributed by atoms with Gasteiger partial charge in [-0.2, -0.15) is 4.73 Å². The van der Waals surface area contributed by atoms with Crippen molar-refractivity contribution in [2.24, 2.45) is 0 Å². The number of aromatic nitrogens is 1. The van der Waals surface area contributed by atoms with Crippen molar-refractivity contribution < 1.29 is 9.94 Å². The zero-order chi connectivity index (χ0) is 7.84. The highest BCUT2D eigenvalue weighted by atomic mass is 32.1. The summed E-state index contributed by atoms with van der Waals surface area (Å²) in [7, 11) is 1.57. The van der Waals surface area contributed by atoms with E-state index in [1.54, 1.807) is 18.0 Å². The Bertz CT molecular complexity index is 377. The quantitative estimate of drug-likeness (QED) is 0.701. The van der Waals surface area contributed by atoms with Gasteiger partial charge in [0.1, 0.15) is 12.6 Å². The van der Waals surface area contributed by atoms with Gasteiger partial charge in [0.2, 0.25) is 0 Å². The number of thiophene rings is 1. The van der Waals surface area contributed by atoms with Gasteiger partial charge in [-0.15, -0.1) is 11.3 Å². The minimum Gasteiger partial charge on any atom is -0.505 e. The van der Waals surface area contributed by atoms with Gasteiger partial charge in [-0.3, -0.25) is 0 Å². The summed E-state index contributed by atoms with van der Waals surface area (Å²) < 4.78 is 2.41. The van der Waals surface area contributed by atoms with Crippen molar-refractivity contribution in [3.63, 3.8) is 0 Å². The van der Waals surface area contributed by atoms with Crippen LogP contribution in [0.3, 0.4) is 0 Å². The van der Waals surface area contributed by atoms with E-state index in [-0.39, 0.29) is 5.75 Å². The average molecular weight is 169 g/mol. The molecule has 0 aliphatic heterocycles. The molecule has 0 atom stereocenters. The zero-order valence-electron chi connectivity index (χ0n) is 5.94. The van der Waals surface area contributed by atoms with Crippen LogP contribution in [0.15, 0.2) is 17.6 Å². The number of hydrogen-bond acceptors (Lipinski definition) is 3. The van der Waals surface area contributed by atoms with Gasteiger partial charge in [-0.25, -0.2) is 0 Å². The van der Waals surface area contributed by atoms with Gasteiger partial charge in [0.05, 0.1) is 10.9 Å². The number of rotatable bonds is 1. The maximum absolute atomic E-state index is 9.32. The summed E-state index contributed by atoms with van der Waals surface area (Å²) in [6, 6.07) is 1.91. The summed E-state index contributed by atoms with van der Waals surface area (Å²) in [6.45, 7) is 0. The van der Waals surface area contributed by atoms with E-state index < -0.39 is 0 Å². The Morgan fingerprint density at radius 2 is 2.45 bits per heavy atom. The van der Waals surface area contributed by atoms with E-state index in [0.29, 0.717) is 0 Å². The summed E-state index contributed by atoms with van der Waals surface area (Å²) in [5.74, 6) is 0.275.